The third-order valence-electron chi connectivity index (χ3n) is 7.75. The number of nitrogens with one attached hydrogen (secondary N) is 3. The third-order valence-corrected chi connectivity index (χ3v) is 7.75. The summed E-state index contributed by atoms with van der Waals surface area (Å²) in [6.45, 7) is 1.47. The maximum atomic E-state index is 14.0. The molecule has 3 aromatic heterocycles. The van der Waals surface area contributed by atoms with E-state index in [1.807, 2.05) is 6.92 Å². The lowest BCUT2D eigenvalue weighted by atomic mass is 9.81. The van der Waals surface area contributed by atoms with Gasteiger partial charge in [0.25, 0.3) is 11.8 Å². The van der Waals surface area contributed by atoms with Crippen LogP contribution in [0.1, 0.15) is 66.9 Å². The minimum Gasteiger partial charge on any atom is -0.465 e. The second kappa shape index (κ2) is 11.2. The first-order valence-electron chi connectivity index (χ1n) is 13.6. The molecule has 1 saturated heterocycles. The number of imidazole rings is 1. The number of hydrogen-bond acceptors (Lipinski definition) is 6. The number of amides is 3. The maximum Gasteiger partial charge on any atom is 0.409 e. The van der Waals surface area contributed by atoms with Crippen molar-refractivity contribution >= 4 is 29.2 Å². The Kier molecular flexibility index (Phi) is 7.81. The van der Waals surface area contributed by atoms with Crippen molar-refractivity contribution in [3.63, 3.8) is 0 Å². The molecule has 16 heteroatoms. The number of fused-ring (bicyclic) bond motifs is 1. The van der Waals surface area contributed by atoms with Crippen LogP contribution >= 0.6 is 0 Å². The monoisotopic (exact) mass is 594 g/mol. The molecule has 0 radical (unpaired) electrons. The van der Waals surface area contributed by atoms with Gasteiger partial charge in [-0.2, -0.15) is 10.2 Å². The molecule has 1 aliphatic heterocycles. The van der Waals surface area contributed by atoms with Crippen molar-refractivity contribution in [1.29, 1.82) is 0 Å². The third kappa shape index (κ3) is 6.31. The minimum absolute atomic E-state index is 0.0384. The number of carbonyl (C=O) groups is 3. The molecule has 3 aromatic rings. The van der Waals surface area contributed by atoms with E-state index in [9.17, 15) is 37.1 Å². The number of carboxylic acid groups (broad SMARTS) is 1. The highest BCUT2D eigenvalue weighted by atomic mass is 19.3. The van der Waals surface area contributed by atoms with Crippen molar-refractivity contribution in [3.8, 4) is 0 Å². The van der Waals surface area contributed by atoms with Crippen LogP contribution in [0.5, 0.6) is 0 Å². The molecule has 226 valence electrons. The Balaban J connectivity index is 1.50. The number of carbonyl (C=O) groups excluding carboxylic acids is 2. The van der Waals surface area contributed by atoms with Crippen LogP contribution in [0.4, 0.5) is 28.0 Å². The lowest BCUT2D eigenvalue weighted by Gasteiger charge is -2.33. The second-order valence-electron chi connectivity index (χ2n) is 10.8. The number of halogens is 4. The van der Waals surface area contributed by atoms with E-state index in [2.05, 4.69) is 31.1 Å². The molecule has 12 nitrogen and oxygen atoms in total. The predicted octanol–water partition coefficient (Wildman–Crippen LogP) is 3.65. The van der Waals surface area contributed by atoms with E-state index in [4.69, 9.17) is 0 Å². The summed E-state index contributed by atoms with van der Waals surface area (Å²) in [6, 6.07) is 2.09. The molecule has 2 unspecified atom stereocenters. The van der Waals surface area contributed by atoms with Gasteiger partial charge in [0, 0.05) is 50.4 Å². The van der Waals surface area contributed by atoms with Crippen LogP contribution in [0.2, 0.25) is 0 Å². The summed E-state index contributed by atoms with van der Waals surface area (Å²) in [5.74, 6) is -8.55. The fourth-order valence-corrected chi connectivity index (χ4v) is 5.61. The highest BCUT2D eigenvalue weighted by molar-refractivity contribution is 5.92. The molecule has 0 bridgehead atoms. The van der Waals surface area contributed by atoms with Crippen LogP contribution in [0.3, 0.4) is 0 Å². The molecule has 0 spiro atoms. The van der Waals surface area contributed by atoms with Crippen molar-refractivity contribution in [1.82, 2.24) is 35.0 Å². The maximum absolute atomic E-state index is 14.0. The first kappa shape index (κ1) is 29.3. The van der Waals surface area contributed by atoms with E-state index in [0.717, 1.165) is 0 Å². The molecule has 1 aliphatic carbocycles. The van der Waals surface area contributed by atoms with E-state index in [-0.39, 0.29) is 60.7 Å². The molecule has 4 heterocycles. The second-order valence-corrected chi connectivity index (χ2v) is 10.8. The summed E-state index contributed by atoms with van der Waals surface area (Å²) in [7, 11) is 0. The van der Waals surface area contributed by atoms with Gasteiger partial charge in [0.1, 0.15) is 5.69 Å². The van der Waals surface area contributed by atoms with Crippen molar-refractivity contribution in [2.75, 3.05) is 11.9 Å². The molecular weight excluding hydrogens is 564 g/mol. The van der Waals surface area contributed by atoms with Gasteiger partial charge in [0.15, 0.2) is 5.65 Å². The first-order valence-corrected chi connectivity index (χ1v) is 13.6. The average molecular weight is 595 g/mol. The molecular formula is C26H30F4N8O4. The van der Waals surface area contributed by atoms with Crippen LogP contribution in [0.15, 0.2) is 24.5 Å². The zero-order valence-corrected chi connectivity index (χ0v) is 22.6. The number of hydrogen-bond donors (Lipinski definition) is 4. The van der Waals surface area contributed by atoms with Crippen LogP contribution in [0, 0.1) is 11.8 Å². The van der Waals surface area contributed by atoms with Gasteiger partial charge >= 0.3 is 6.09 Å². The number of nitrogens with zero attached hydrogens (tertiary/aromatic N) is 5. The van der Waals surface area contributed by atoms with Gasteiger partial charge in [0.2, 0.25) is 11.8 Å². The van der Waals surface area contributed by atoms with Crippen molar-refractivity contribution in [2.45, 2.75) is 69.9 Å². The van der Waals surface area contributed by atoms with Crippen LogP contribution in [0.25, 0.3) is 5.65 Å². The van der Waals surface area contributed by atoms with Crippen LogP contribution in [-0.4, -0.2) is 65.8 Å². The molecule has 2 fully saturated rings. The first-order chi connectivity index (χ1) is 19.8. The van der Waals surface area contributed by atoms with Gasteiger partial charge in [-0.1, -0.05) is 0 Å². The summed E-state index contributed by atoms with van der Waals surface area (Å²) in [5, 5.41) is 25.1. The van der Waals surface area contributed by atoms with E-state index < -0.39 is 54.7 Å². The Bertz CT molecular complexity index is 1500. The van der Waals surface area contributed by atoms with Crippen LogP contribution < -0.4 is 16.0 Å². The Hall–Kier alpha value is -4.24. The molecule has 2 aliphatic rings. The van der Waals surface area contributed by atoms with Gasteiger partial charge < -0.3 is 15.7 Å². The standard InChI is InChI=1S/C26H30F4N8O4/c1-2-37-19(5-8-32-37)23(40)35-21(14-3-6-25(27,28)7-4-14)18-12-38-20(33-18)10-16(34-24(41)42)17(36-38)9-15-11-26(29,30)13-31-22(15)39/h5,8,10,12,14-15,21,34H,2-4,6-7,9,11,13H2,1H3,(H,31,39)(H,35,40)(H,41,42). The Labute approximate surface area is 236 Å². The number of aromatic nitrogens is 5. The van der Waals surface area contributed by atoms with Gasteiger partial charge in [-0.25, -0.2) is 31.9 Å². The van der Waals surface area contributed by atoms with Gasteiger partial charge in [-0.15, -0.1) is 0 Å². The Morgan fingerprint density at radius 1 is 1.21 bits per heavy atom. The fraction of sp³-hybridized carbons (Fsp3) is 0.538. The number of aryl methyl sites for hydroxylation is 1. The summed E-state index contributed by atoms with van der Waals surface area (Å²) in [5.41, 5.74) is 0.738. The quantitative estimate of drug-likeness (QED) is 0.290. The predicted molar refractivity (Wildman–Crippen MR) is 139 cm³/mol. The van der Waals surface area contributed by atoms with Gasteiger partial charge in [-0.3, -0.25) is 19.6 Å². The van der Waals surface area contributed by atoms with E-state index in [0.29, 0.717) is 12.2 Å². The van der Waals surface area contributed by atoms with E-state index >= 15 is 0 Å². The summed E-state index contributed by atoms with van der Waals surface area (Å²) in [4.78, 5) is 41.6. The number of alkyl halides is 4. The average Bonchev–Trinajstić information content (AvgIpc) is 3.56. The van der Waals surface area contributed by atoms with E-state index in [1.165, 1.54) is 33.7 Å². The highest BCUT2D eigenvalue weighted by Gasteiger charge is 2.42. The summed E-state index contributed by atoms with van der Waals surface area (Å²) in [6.07, 6.45) is 0.0456. The van der Waals surface area contributed by atoms with Crippen molar-refractivity contribution in [3.05, 3.63) is 41.6 Å². The summed E-state index contributed by atoms with van der Waals surface area (Å²) < 4.78 is 58.8. The van der Waals surface area contributed by atoms with Gasteiger partial charge in [0.05, 0.1) is 35.9 Å². The number of piperidine rings is 1. The molecule has 1 saturated carbocycles. The molecule has 5 rings (SSSR count). The molecule has 42 heavy (non-hydrogen) atoms. The minimum atomic E-state index is -3.12. The Morgan fingerprint density at radius 3 is 2.64 bits per heavy atom. The van der Waals surface area contributed by atoms with Crippen molar-refractivity contribution < 1.29 is 37.1 Å². The van der Waals surface area contributed by atoms with Crippen LogP contribution in [-0.2, 0) is 17.8 Å². The fourth-order valence-electron chi connectivity index (χ4n) is 5.61. The summed E-state index contributed by atoms with van der Waals surface area (Å²) >= 11 is 0. The lowest BCUT2D eigenvalue weighted by Crippen LogP contribution is -2.48. The largest absolute Gasteiger partial charge is 0.465 e. The van der Waals surface area contributed by atoms with E-state index in [1.54, 1.807) is 0 Å². The molecule has 4 N–H and O–H groups in total. The highest BCUT2D eigenvalue weighted by Crippen LogP contribution is 2.41. The zero-order valence-electron chi connectivity index (χ0n) is 22.6. The normalized spacial score (nSPS) is 21.1. The molecule has 0 aromatic carbocycles. The zero-order chi connectivity index (χ0) is 30.2. The lowest BCUT2D eigenvalue weighted by molar-refractivity contribution is -0.136. The molecule has 3 amide bonds. The SMILES string of the molecule is CCn1nccc1C(=O)NC(c1cn2nc(CC3CC(F)(F)CNC3=O)c(NC(=O)O)cc2n1)C1CCC(F)(F)CC1. The number of anilines is 1. The molecule has 2 atom stereocenters. The Morgan fingerprint density at radius 2 is 1.95 bits per heavy atom. The van der Waals surface area contributed by atoms with Crippen molar-refractivity contribution in [2.24, 2.45) is 11.8 Å². The van der Waals surface area contributed by atoms with Gasteiger partial charge in [-0.05, 0) is 31.7 Å². The topological polar surface area (TPSA) is 156 Å². The number of rotatable bonds is 8. The smallest absolute Gasteiger partial charge is 0.409 e.